The fourth-order valence-electron chi connectivity index (χ4n) is 5.21. The van der Waals surface area contributed by atoms with Crippen LogP contribution >= 0.6 is 0 Å². The van der Waals surface area contributed by atoms with Crippen LogP contribution in [-0.4, -0.2) is 0 Å². The van der Waals surface area contributed by atoms with E-state index >= 15 is 0 Å². The van der Waals surface area contributed by atoms with E-state index < -0.39 is 0 Å². The Morgan fingerprint density at radius 2 is 1.10 bits per heavy atom. The first-order valence-corrected chi connectivity index (χ1v) is 10.3. The molecule has 0 fully saturated rings. The molecule has 0 saturated carbocycles. The van der Waals surface area contributed by atoms with Gasteiger partial charge in [0.15, 0.2) is 0 Å². The molecule has 1 aliphatic carbocycles. The monoisotopic (exact) mass is 370 g/mol. The van der Waals surface area contributed by atoms with E-state index in [1.165, 1.54) is 60.5 Å². The second-order valence-electron chi connectivity index (χ2n) is 8.26. The van der Waals surface area contributed by atoms with Crippen LogP contribution in [0.5, 0.6) is 0 Å². The first-order chi connectivity index (χ1) is 14.2. The lowest BCUT2D eigenvalue weighted by atomic mass is 9.81. The minimum atomic E-state index is 0.283. The molecule has 0 atom stereocenters. The van der Waals surface area contributed by atoms with Gasteiger partial charge in [0, 0.05) is 5.92 Å². The van der Waals surface area contributed by atoms with Crippen molar-refractivity contribution in [3.8, 4) is 11.1 Å². The van der Waals surface area contributed by atoms with Crippen LogP contribution < -0.4 is 0 Å². The molecule has 0 N–H and O–H groups in total. The first-order valence-electron chi connectivity index (χ1n) is 10.3. The van der Waals surface area contributed by atoms with Crippen LogP contribution in [0, 0.1) is 13.8 Å². The summed E-state index contributed by atoms with van der Waals surface area (Å²) in [6.45, 7) is 4.54. The van der Waals surface area contributed by atoms with Crippen molar-refractivity contribution in [1.29, 1.82) is 0 Å². The van der Waals surface area contributed by atoms with Crippen molar-refractivity contribution in [3.05, 3.63) is 119 Å². The molecule has 0 aliphatic heterocycles. The van der Waals surface area contributed by atoms with Crippen LogP contribution in [0.3, 0.4) is 0 Å². The van der Waals surface area contributed by atoms with Crippen molar-refractivity contribution in [3.63, 3.8) is 0 Å². The maximum Gasteiger partial charge on any atom is 0.0361 e. The normalized spacial score (nSPS) is 13.0. The molecular formula is C29H22. The standard InChI is InChI=1S/C29H22/c1-18-15-22-16-20-9-3-4-10-21(20)17-27(22)28(19(18)2)29-25-13-7-5-11-23(25)24-12-6-8-14-26(24)29/h3-17,29H,1-2H3. The molecule has 29 heavy (non-hydrogen) atoms. The molecule has 5 aromatic carbocycles. The molecule has 0 amide bonds. The summed E-state index contributed by atoms with van der Waals surface area (Å²) in [6.07, 6.45) is 0. The maximum atomic E-state index is 2.40. The van der Waals surface area contributed by atoms with Gasteiger partial charge in [0.2, 0.25) is 0 Å². The number of aryl methyl sites for hydroxylation is 1. The Balaban J connectivity index is 1.76. The van der Waals surface area contributed by atoms with Crippen molar-refractivity contribution in [2.45, 2.75) is 19.8 Å². The molecular weight excluding hydrogens is 348 g/mol. The third-order valence-electron chi connectivity index (χ3n) is 6.70. The SMILES string of the molecule is Cc1cc2cc3ccccc3cc2c(C2c3ccccc3-c3ccccc32)c1C. The zero-order chi connectivity index (χ0) is 19.5. The average Bonchev–Trinajstić information content (AvgIpc) is 3.08. The molecule has 0 heteroatoms. The molecule has 0 saturated heterocycles. The van der Waals surface area contributed by atoms with Gasteiger partial charge in [-0.25, -0.2) is 0 Å². The second-order valence-corrected chi connectivity index (χ2v) is 8.26. The van der Waals surface area contributed by atoms with E-state index in [-0.39, 0.29) is 5.92 Å². The van der Waals surface area contributed by atoms with Crippen LogP contribution in [0.4, 0.5) is 0 Å². The smallest absolute Gasteiger partial charge is 0.0361 e. The molecule has 0 radical (unpaired) electrons. The van der Waals surface area contributed by atoms with Gasteiger partial charge in [-0.1, -0.05) is 78.9 Å². The summed E-state index contributed by atoms with van der Waals surface area (Å²) < 4.78 is 0. The van der Waals surface area contributed by atoms with Crippen LogP contribution in [-0.2, 0) is 0 Å². The number of fused-ring (bicyclic) bond motifs is 5. The molecule has 0 aromatic heterocycles. The molecule has 6 rings (SSSR count). The Hall–Kier alpha value is -3.38. The summed E-state index contributed by atoms with van der Waals surface area (Å²) in [5.41, 5.74) is 9.84. The molecule has 0 unspecified atom stereocenters. The van der Waals surface area contributed by atoms with Gasteiger partial charge in [-0.05, 0) is 86.5 Å². The van der Waals surface area contributed by atoms with Gasteiger partial charge in [-0.15, -0.1) is 0 Å². The van der Waals surface area contributed by atoms with Crippen molar-refractivity contribution >= 4 is 21.5 Å². The van der Waals surface area contributed by atoms with Gasteiger partial charge in [0.05, 0.1) is 0 Å². The van der Waals surface area contributed by atoms with Crippen molar-refractivity contribution in [1.82, 2.24) is 0 Å². The number of benzene rings is 5. The fraction of sp³-hybridized carbons (Fsp3) is 0.103. The number of rotatable bonds is 1. The summed E-state index contributed by atoms with van der Waals surface area (Å²) in [7, 11) is 0. The van der Waals surface area contributed by atoms with E-state index in [0.717, 1.165) is 0 Å². The van der Waals surface area contributed by atoms with E-state index in [1.807, 2.05) is 0 Å². The Labute approximate surface area is 171 Å². The summed E-state index contributed by atoms with van der Waals surface area (Å²) >= 11 is 0. The van der Waals surface area contributed by atoms with E-state index in [4.69, 9.17) is 0 Å². The maximum absolute atomic E-state index is 2.40. The van der Waals surface area contributed by atoms with Gasteiger partial charge in [0.1, 0.15) is 0 Å². The number of hydrogen-bond donors (Lipinski definition) is 0. The van der Waals surface area contributed by atoms with Gasteiger partial charge in [0.25, 0.3) is 0 Å². The molecule has 0 nitrogen and oxygen atoms in total. The van der Waals surface area contributed by atoms with Crippen molar-refractivity contribution in [2.75, 3.05) is 0 Å². The highest BCUT2D eigenvalue weighted by atomic mass is 14.3. The molecule has 1 aliphatic rings. The predicted molar refractivity (Wildman–Crippen MR) is 124 cm³/mol. The number of hydrogen-bond acceptors (Lipinski definition) is 0. The quantitative estimate of drug-likeness (QED) is 0.259. The second kappa shape index (κ2) is 6.06. The Morgan fingerprint density at radius 1 is 0.552 bits per heavy atom. The van der Waals surface area contributed by atoms with Gasteiger partial charge in [-0.2, -0.15) is 0 Å². The lowest BCUT2D eigenvalue weighted by molar-refractivity contribution is 1.01. The van der Waals surface area contributed by atoms with Gasteiger partial charge in [-0.3, -0.25) is 0 Å². The van der Waals surface area contributed by atoms with Crippen molar-refractivity contribution < 1.29 is 0 Å². The third kappa shape index (κ3) is 2.32. The Kier molecular flexibility index (Phi) is 3.46. The zero-order valence-electron chi connectivity index (χ0n) is 16.7. The van der Waals surface area contributed by atoms with E-state index in [1.54, 1.807) is 0 Å². The minimum Gasteiger partial charge on any atom is -0.0619 e. The third-order valence-corrected chi connectivity index (χ3v) is 6.70. The molecule has 5 aromatic rings. The highest BCUT2D eigenvalue weighted by molar-refractivity contribution is 6.01. The van der Waals surface area contributed by atoms with Crippen molar-refractivity contribution in [2.24, 2.45) is 0 Å². The summed E-state index contributed by atoms with van der Waals surface area (Å²) in [5.74, 6) is 0.283. The topological polar surface area (TPSA) is 0 Å². The lowest BCUT2D eigenvalue weighted by Crippen LogP contribution is -2.04. The molecule has 138 valence electrons. The van der Waals surface area contributed by atoms with Crippen LogP contribution in [0.15, 0.2) is 91.0 Å². The Bertz CT molecular complexity index is 1380. The minimum absolute atomic E-state index is 0.283. The average molecular weight is 370 g/mol. The molecule has 0 bridgehead atoms. The van der Waals surface area contributed by atoms with Gasteiger partial charge < -0.3 is 0 Å². The fourth-order valence-corrected chi connectivity index (χ4v) is 5.21. The largest absolute Gasteiger partial charge is 0.0619 e. The summed E-state index contributed by atoms with van der Waals surface area (Å²) in [5, 5.41) is 5.33. The van der Waals surface area contributed by atoms with Gasteiger partial charge >= 0.3 is 0 Å². The van der Waals surface area contributed by atoms with E-state index in [2.05, 4.69) is 105 Å². The Morgan fingerprint density at radius 3 is 1.76 bits per heavy atom. The van der Waals surface area contributed by atoms with Crippen LogP contribution in [0.25, 0.3) is 32.7 Å². The zero-order valence-corrected chi connectivity index (χ0v) is 16.7. The molecule has 0 spiro atoms. The predicted octanol–water partition coefficient (Wildman–Crippen LogP) is 7.77. The highest BCUT2D eigenvalue weighted by Gasteiger charge is 2.31. The van der Waals surface area contributed by atoms with Crippen LogP contribution in [0.2, 0.25) is 0 Å². The highest BCUT2D eigenvalue weighted by Crippen LogP contribution is 2.50. The lowest BCUT2D eigenvalue weighted by Gasteiger charge is -2.22. The van der Waals surface area contributed by atoms with E-state index in [0.29, 0.717) is 0 Å². The summed E-state index contributed by atoms with van der Waals surface area (Å²) in [6, 6.07) is 33.7. The van der Waals surface area contributed by atoms with Crippen LogP contribution in [0.1, 0.15) is 33.7 Å². The van der Waals surface area contributed by atoms with E-state index in [9.17, 15) is 0 Å². The molecule has 0 heterocycles. The summed E-state index contributed by atoms with van der Waals surface area (Å²) in [4.78, 5) is 0. The first kappa shape index (κ1) is 16.6.